The average Bonchev–Trinajstić information content (AvgIpc) is 3.49. The Morgan fingerprint density at radius 1 is 0.253 bits per heavy atom. The highest BCUT2D eigenvalue weighted by molar-refractivity contribution is 5.71. The second kappa shape index (κ2) is 70.8. The van der Waals surface area contributed by atoms with Crippen LogP contribution in [0.4, 0.5) is 0 Å². The fourth-order valence-electron chi connectivity index (χ4n) is 10.3. The molecule has 0 saturated carbocycles. The molecule has 0 aliphatic heterocycles. The minimum atomic E-state index is -0.786. The summed E-state index contributed by atoms with van der Waals surface area (Å²) in [7, 11) is 0. The molecule has 0 radical (unpaired) electrons. The van der Waals surface area contributed by atoms with Gasteiger partial charge in [-0.2, -0.15) is 0 Å². The molecule has 0 spiro atoms. The fraction of sp³-hybridized carbons (Fsp3) is 0.753. The lowest BCUT2D eigenvalue weighted by Gasteiger charge is -2.18. The molecule has 0 aliphatic carbocycles. The summed E-state index contributed by atoms with van der Waals surface area (Å²) in [4.78, 5) is 38.2. The second-order valence-corrected chi connectivity index (χ2v) is 23.8. The van der Waals surface area contributed by atoms with Crippen LogP contribution in [-0.2, 0) is 28.6 Å². The summed E-state index contributed by atoms with van der Waals surface area (Å²) in [5.41, 5.74) is 0. The van der Waals surface area contributed by atoms with E-state index in [1.165, 1.54) is 193 Å². The Kier molecular flexibility index (Phi) is 67.7. The molecule has 83 heavy (non-hydrogen) atoms. The Labute approximate surface area is 515 Å². The third-order valence-electron chi connectivity index (χ3n) is 15.6. The summed E-state index contributed by atoms with van der Waals surface area (Å²) < 4.78 is 16.9. The SMILES string of the molecule is CC/C=C\C/C=C\C/C=C\C/C=C\C/C=C\C/C=C\C/C=C\C/C=C\CCCCCCC(=O)OCC(COC(=O)CCCCCCCCCC)OC(=O)CCCCCCCCCCCCCCCCCCCCCCCCCCCCCC. The zero-order valence-electron chi connectivity index (χ0n) is 54.9. The molecule has 1 atom stereocenters. The number of allylic oxidation sites excluding steroid dienone is 16. The van der Waals surface area contributed by atoms with Gasteiger partial charge in [0.15, 0.2) is 6.10 Å². The Balaban J connectivity index is 4.16. The van der Waals surface area contributed by atoms with Crippen molar-refractivity contribution in [3.63, 3.8) is 0 Å². The standard InChI is InChI=1S/C77H134O6/c1-4-7-10-13-16-19-21-23-25-27-29-31-33-35-37-39-41-42-44-46-48-50-52-54-56-58-61-64-67-70-76(79)82-73-74(72-81-75(78)69-66-63-60-18-15-12-9-6-3)83-77(80)71-68-65-62-59-57-55-53-51-49-47-45-43-40-38-36-34-32-30-28-26-24-22-20-17-14-11-8-5-2/h7,10,16,19,23,25,29,31,35,37,41-42,46,48,52,54,74H,4-6,8-9,11-15,17-18,20-22,24,26-28,30,32-34,36,38-40,43-45,47,49-51,53,55-73H2,1-3H3/b10-7-,19-16-,25-23-,31-29-,37-35-,42-41-,48-46-,54-52-. The zero-order valence-corrected chi connectivity index (χ0v) is 54.9. The van der Waals surface area contributed by atoms with E-state index in [4.69, 9.17) is 14.2 Å². The normalized spacial score (nSPS) is 12.7. The van der Waals surface area contributed by atoms with E-state index < -0.39 is 6.10 Å². The Hall–Kier alpha value is -3.67. The molecule has 0 aromatic rings. The molecule has 0 aromatic carbocycles. The van der Waals surface area contributed by atoms with E-state index in [1.807, 2.05) is 0 Å². The number of unbranched alkanes of at least 4 members (excludes halogenated alkanes) is 38. The molecule has 0 bridgehead atoms. The first-order chi connectivity index (χ1) is 41.0. The van der Waals surface area contributed by atoms with E-state index in [1.54, 1.807) is 0 Å². The molecular formula is C77H134O6. The predicted octanol–water partition coefficient (Wildman–Crippen LogP) is 24.8. The van der Waals surface area contributed by atoms with Gasteiger partial charge in [0.2, 0.25) is 0 Å². The number of rotatable bonds is 65. The Morgan fingerprint density at radius 2 is 0.470 bits per heavy atom. The molecule has 0 heterocycles. The van der Waals surface area contributed by atoms with Crippen LogP contribution in [0.25, 0.3) is 0 Å². The first kappa shape index (κ1) is 79.3. The molecule has 6 nitrogen and oxygen atoms in total. The highest BCUT2D eigenvalue weighted by atomic mass is 16.6. The van der Waals surface area contributed by atoms with Crippen molar-refractivity contribution >= 4 is 17.9 Å². The summed E-state index contributed by atoms with van der Waals surface area (Å²) >= 11 is 0. The molecule has 478 valence electrons. The van der Waals surface area contributed by atoms with Crippen LogP contribution >= 0.6 is 0 Å². The van der Waals surface area contributed by atoms with Gasteiger partial charge in [0.1, 0.15) is 13.2 Å². The first-order valence-electron chi connectivity index (χ1n) is 35.7. The highest BCUT2D eigenvalue weighted by Crippen LogP contribution is 2.18. The molecule has 6 heteroatoms. The van der Waals surface area contributed by atoms with E-state index in [0.717, 1.165) is 122 Å². The lowest BCUT2D eigenvalue weighted by Crippen LogP contribution is -2.30. The maximum Gasteiger partial charge on any atom is 0.306 e. The summed E-state index contributed by atoms with van der Waals surface area (Å²) in [6, 6.07) is 0. The van der Waals surface area contributed by atoms with E-state index in [2.05, 4.69) is 118 Å². The monoisotopic (exact) mass is 1160 g/mol. The van der Waals surface area contributed by atoms with Crippen molar-refractivity contribution in [2.75, 3.05) is 13.2 Å². The molecule has 0 saturated heterocycles. The summed E-state index contributed by atoms with van der Waals surface area (Å²) in [5, 5.41) is 0. The predicted molar refractivity (Wildman–Crippen MR) is 362 cm³/mol. The van der Waals surface area contributed by atoms with Gasteiger partial charge >= 0.3 is 17.9 Å². The molecule has 0 aromatic heterocycles. The van der Waals surface area contributed by atoms with Gasteiger partial charge < -0.3 is 14.2 Å². The van der Waals surface area contributed by atoms with Gasteiger partial charge in [0.25, 0.3) is 0 Å². The Morgan fingerprint density at radius 3 is 0.735 bits per heavy atom. The van der Waals surface area contributed by atoms with Crippen LogP contribution in [0.1, 0.15) is 355 Å². The van der Waals surface area contributed by atoms with Gasteiger partial charge in [-0.25, -0.2) is 0 Å². The summed E-state index contributed by atoms with van der Waals surface area (Å²) in [5.74, 6) is -0.897. The maximum atomic E-state index is 12.9. The summed E-state index contributed by atoms with van der Waals surface area (Å²) in [6.45, 7) is 6.52. The van der Waals surface area contributed by atoms with Gasteiger partial charge in [-0.1, -0.05) is 349 Å². The second-order valence-electron chi connectivity index (χ2n) is 23.8. The van der Waals surface area contributed by atoms with Gasteiger partial charge in [-0.15, -0.1) is 0 Å². The van der Waals surface area contributed by atoms with Crippen molar-refractivity contribution in [2.24, 2.45) is 0 Å². The van der Waals surface area contributed by atoms with Crippen LogP contribution in [0.15, 0.2) is 97.2 Å². The molecule has 0 N–H and O–H groups in total. The van der Waals surface area contributed by atoms with E-state index in [9.17, 15) is 14.4 Å². The quantitative estimate of drug-likeness (QED) is 0.0261. The van der Waals surface area contributed by atoms with Crippen molar-refractivity contribution < 1.29 is 28.6 Å². The van der Waals surface area contributed by atoms with E-state index in [-0.39, 0.29) is 31.1 Å². The van der Waals surface area contributed by atoms with Crippen molar-refractivity contribution in [1.29, 1.82) is 0 Å². The van der Waals surface area contributed by atoms with Crippen molar-refractivity contribution in [3.8, 4) is 0 Å². The number of hydrogen-bond acceptors (Lipinski definition) is 6. The van der Waals surface area contributed by atoms with Crippen molar-refractivity contribution in [1.82, 2.24) is 0 Å². The maximum absolute atomic E-state index is 12.9. The van der Waals surface area contributed by atoms with Gasteiger partial charge in [-0.3, -0.25) is 14.4 Å². The molecular weight excluding hydrogens is 1020 g/mol. The minimum absolute atomic E-state index is 0.0821. The van der Waals surface area contributed by atoms with Gasteiger partial charge in [0, 0.05) is 19.3 Å². The third kappa shape index (κ3) is 69.0. The molecule has 0 rings (SSSR count). The lowest BCUT2D eigenvalue weighted by molar-refractivity contribution is -0.167. The average molecular weight is 1160 g/mol. The van der Waals surface area contributed by atoms with Crippen molar-refractivity contribution in [3.05, 3.63) is 97.2 Å². The minimum Gasteiger partial charge on any atom is -0.462 e. The van der Waals surface area contributed by atoms with Gasteiger partial charge in [0.05, 0.1) is 0 Å². The van der Waals surface area contributed by atoms with Crippen LogP contribution in [0.5, 0.6) is 0 Å². The number of ether oxygens (including phenoxy) is 3. The number of carbonyl (C=O) groups excluding carboxylic acids is 3. The number of hydrogen-bond donors (Lipinski definition) is 0. The lowest BCUT2D eigenvalue weighted by atomic mass is 10.0. The smallest absolute Gasteiger partial charge is 0.306 e. The Bertz CT molecular complexity index is 1610. The van der Waals surface area contributed by atoms with Crippen LogP contribution in [0.3, 0.4) is 0 Å². The highest BCUT2D eigenvalue weighted by Gasteiger charge is 2.19. The topological polar surface area (TPSA) is 78.9 Å². The largest absolute Gasteiger partial charge is 0.462 e. The van der Waals surface area contributed by atoms with Gasteiger partial charge in [-0.05, 0) is 83.5 Å². The third-order valence-corrected chi connectivity index (χ3v) is 15.6. The van der Waals surface area contributed by atoms with Crippen LogP contribution < -0.4 is 0 Å². The molecule has 0 aliphatic rings. The molecule has 1 unspecified atom stereocenters. The first-order valence-corrected chi connectivity index (χ1v) is 35.7. The van der Waals surface area contributed by atoms with Crippen LogP contribution in [0, 0.1) is 0 Å². The number of esters is 3. The van der Waals surface area contributed by atoms with Crippen LogP contribution in [-0.4, -0.2) is 37.2 Å². The molecule has 0 amide bonds. The number of carbonyl (C=O) groups is 3. The molecule has 0 fully saturated rings. The summed E-state index contributed by atoms with van der Waals surface area (Å²) in [6.07, 6.45) is 96.1. The zero-order chi connectivity index (χ0) is 59.9. The van der Waals surface area contributed by atoms with E-state index >= 15 is 0 Å². The van der Waals surface area contributed by atoms with Crippen LogP contribution in [0.2, 0.25) is 0 Å². The fourth-order valence-corrected chi connectivity index (χ4v) is 10.3. The van der Waals surface area contributed by atoms with E-state index in [0.29, 0.717) is 19.3 Å². The van der Waals surface area contributed by atoms with Crippen molar-refractivity contribution in [2.45, 2.75) is 361 Å².